The number of piperazine rings is 1. The van der Waals surface area contributed by atoms with Crippen LogP contribution in [0.4, 0.5) is 0 Å². The summed E-state index contributed by atoms with van der Waals surface area (Å²) in [5, 5.41) is 2.21. The molecule has 1 N–H and O–H groups in total. The van der Waals surface area contributed by atoms with Gasteiger partial charge in [0.1, 0.15) is 13.1 Å². The van der Waals surface area contributed by atoms with Crippen LogP contribution in [0.15, 0.2) is 24.3 Å². The van der Waals surface area contributed by atoms with Gasteiger partial charge in [-0.05, 0) is 30.4 Å². The molecular formula is C15H16N2O3. The molecule has 2 aliphatic rings. The molecule has 5 heteroatoms. The minimum atomic E-state index is -0.397. The van der Waals surface area contributed by atoms with E-state index >= 15 is 0 Å². The second-order valence-electron chi connectivity index (χ2n) is 5.37. The zero-order chi connectivity index (χ0) is 14.1. The number of rotatable bonds is 1. The highest BCUT2D eigenvalue weighted by atomic mass is 16.2. The van der Waals surface area contributed by atoms with Gasteiger partial charge in [0.15, 0.2) is 0 Å². The van der Waals surface area contributed by atoms with Gasteiger partial charge in [0.2, 0.25) is 17.7 Å². The molecule has 20 heavy (non-hydrogen) atoms. The number of hydrogen-bond donors (Lipinski definition) is 1. The normalized spacial score (nSPS) is 22.2. The number of benzene rings is 1. The zero-order valence-electron chi connectivity index (χ0n) is 11.1. The molecule has 0 bridgehead atoms. The Balaban J connectivity index is 1.73. The minimum absolute atomic E-state index is 0.0112. The van der Waals surface area contributed by atoms with Crippen molar-refractivity contribution in [2.75, 3.05) is 13.1 Å². The number of nitrogens with one attached hydrogen (secondary N) is 1. The van der Waals surface area contributed by atoms with E-state index in [1.54, 1.807) is 0 Å². The summed E-state index contributed by atoms with van der Waals surface area (Å²) in [6.07, 6.45) is 2.35. The second-order valence-corrected chi connectivity index (χ2v) is 5.37. The molecule has 1 saturated heterocycles. The van der Waals surface area contributed by atoms with Crippen LogP contribution in [-0.4, -0.2) is 35.7 Å². The van der Waals surface area contributed by atoms with Gasteiger partial charge < -0.3 is 4.90 Å². The lowest BCUT2D eigenvalue weighted by Gasteiger charge is -2.31. The van der Waals surface area contributed by atoms with Crippen molar-refractivity contribution in [2.45, 2.75) is 19.3 Å². The van der Waals surface area contributed by atoms with E-state index in [1.807, 2.05) is 18.2 Å². The fourth-order valence-corrected chi connectivity index (χ4v) is 2.96. The third-order valence-electron chi connectivity index (χ3n) is 3.96. The molecule has 0 radical (unpaired) electrons. The molecule has 104 valence electrons. The summed E-state index contributed by atoms with van der Waals surface area (Å²) in [5.41, 5.74) is 2.49. The average molecular weight is 272 g/mol. The molecule has 5 nitrogen and oxygen atoms in total. The number of carbonyl (C=O) groups is 3. The van der Waals surface area contributed by atoms with Crippen LogP contribution in [0.2, 0.25) is 0 Å². The van der Waals surface area contributed by atoms with Crippen LogP contribution in [0.25, 0.3) is 0 Å². The van der Waals surface area contributed by atoms with Gasteiger partial charge in [-0.15, -0.1) is 0 Å². The van der Waals surface area contributed by atoms with Gasteiger partial charge in [-0.25, -0.2) is 0 Å². The molecule has 0 spiro atoms. The molecule has 1 atom stereocenters. The van der Waals surface area contributed by atoms with Crippen molar-refractivity contribution in [3.8, 4) is 0 Å². The number of imide groups is 1. The fraction of sp³-hybridized carbons (Fsp3) is 0.400. The number of carbonyl (C=O) groups excluding carboxylic acids is 3. The van der Waals surface area contributed by atoms with Gasteiger partial charge in [-0.3, -0.25) is 19.7 Å². The Kier molecular flexibility index (Phi) is 3.26. The van der Waals surface area contributed by atoms with Crippen molar-refractivity contribution in [1.82, 2.24) is 10.2 Å². The van der Waals surface area contributed by atoms with Crippen LogP contribution in [0, 0.1) is 5.92 Å². The maximum absolute atomic E-state index is 12.4. The Bertz CT molecular complexity index is 566. The van der Waals surface area contributed by atoms with Crippen LogP contribution in [0.3, 0.4) is 0 Å². The molecule has 0 aromatic heterocycles. The molecule has 1 aliphatic heterocycles. The lowest BCUT2D eigenvalue weighted by atomic mass is 9.83. The molecule has 1 heterocycles. The summed E-state index contributed by atoms with van der Waals surface area (Å²) < 4.78 is 0. The van der Waals surface area contributed by atoms with Gasteiger partial charge in [0.05, 0.1) is 0 Å². The van der Waals surface area contributed by atoms with Crippen molar-refractivity contribution < 1.29 is 14.4 Å². The van der Waals surface area contributed by atoms with Crippen molar-refractivity contribution in [1.29, 1.82) is 0 Å². The first-order valence-corrected chi connectivity index (χ1v) is 6.82. The molecule has 3 amide bonds. The van der Waals surface area contributed by atoms with Gasteiger partial charge in [-0.1, -0.05) is 24.3 Å². The van der Waals surface area contributed by atoms with E-state index in [0.717, 1.165) is 12.8 Å². The topological polar surface area (TPSA) is 66.5 Å². The van der Waals surface area contributed by atoms with E-state index < -0.39 is 11.8 Å². The van der Waals surface area contributed by atoms with Gasteiger partial charge in [0, 0.05) is 5.92 Å². The third-order valence-corrected chi connectivity index (χ3v) is 3.96. The molecule has 1 aromatic carbocycles. The first-order chi connectivity index (χ1) is 9.63. The first kappa shape index (κ1) is 12.8. The first-order valence-electron chi connectivity index (χ1n) is 6.82. The maximum Gasteiger partial charge on any atom is 0.246 e. The highest BCUT2D eigenvalue weighted by molar-refractivity contribution is 6.02. The van der Waals surface area contributed by atoms with Crippen LogP contribution in [-0.2, 0) is 27.2 Å². The lowest BCUT2D eigenvalue weighted by Crippen LogP contribution is -2.55. The smallest absolute Gasteiger partial charge is 0.246 e. The monoisotopic (exact) mass is 272 g/mol. The van der Waals surface area contributed by atoms with Gasteiger partial charge in [0.25, 0.3) is 0 Å². The summed E-state index contributed by atoms with van der Waals surface area (Å²) in [5.74, 6) is -0.997. The molecule has 1 fully saturated rings. The Hall–Kier alpha value is -2.17. The standard InChI is InChI=1S/C15H16N2O3/c18-13-8-17(9-14(19)16-13)15(20)12-6-5-10-3-1-2-4-11(10)7-12/h1-4,12H,5-9H2,(H,16,18,19). The molecular weight excluding hydrogens is 256 g/mol. The van der Waals surface area contributed by atoms with Crippen molar-refractivity contribution in [2.24, 2.45) is 5.92 Å². The fourth-order valence-electron chi connectivity index (χ4n) is 2.96. The maximum atomic E-state index is 12.4. The molecule has 1 aromatic rings. The van der Waals surface area contributed by atoms with Crippen LogP contribution in [0.5, 0.6) is 0 Å². The van der Waals surface area contributed by atoms with Crippen molar-refractivity contribution in [3.63, 3.8) is 0 Å². The minimum Gasteiger partial charge on any atom is -0.324 e. The van der Waals surface area contributed by atoms with E-state index in [4.69, 9.17) is 0 Å². The molecule has 1 aliphatic carbocycles. The van der Waals surface area contributed by atoms with Gasteiger partial charge in [-0.2, -0.15) is 0 Å². The summed E-state index contributed by atoms with van der Waals surface area (Å²) in [4.78, 5) is 36.5. The number of fused-ring (bicyclic) bond motifs is 1. The Labute approximate surface area is 116 Å². The van der Waals surface area contributed by atoms with Crippen LogP contribution < -0.4 is 5.32 Å². The molecule has 3 rings (SSSR count). The predicted molar refractivity (Wildman–Crippen MR) is 71.7 cm³/mol. The summed E-state index contributed by atoms with van der Waals surface area (Å²) in [6, 6.07) is 8.12. The van der Waals surface area contributed by atoms with E-state index in [0.29, 0.717) is 6.42 Å². The largest absolute Gasteiger partial charge is 0.324 e. The second kappa shape index (κ2) is 5.07. The Morgan fingerprint density at radius 1 is 1.10 bits per heavy atom. The van der Waals surface area contributed by atoms with Crippen molar-refractivity contribution >= 4 is 17.7 Å². The van der Waals surface area contributed by atoms with Gasteiger partial charge >= 0.3 is 0 Å². The number of amides is 3. The lowest BCUT2D eigenvalue weighted by molar-refractivity contribution is -0.147. The van der Waals surface area contributed by atoms with E-state index in [9.17, 15) is 14.4 Å². The Morgan fingerprint density at radius 2 is 1.75 bits per heavy atom. The predicted octanol–water partition coefficient (Wildman–Crippen LogP) is 0.277. The van der Waals surface area contributed by atoms with E-state index in [2.05, 4.69) is 11.4 Å². The summed E-state index contributed by atoms with van der Waals surface area (Å²) in [7, 11) is 0. The Morgan fingerprint density at radius 3 is 2.45 bits per heavy atom. The number of nitrogens with zero attached hydrogens (tertiary/aromatic N) is 1. The molecule has 1 unspecified atom stereocenters. The summed E-state index contributed by atoms with van der Waals surface area (Å²) >= 11 is 0. The van der Waals surface area contributed by atoms with Crippen LogP contribution in [0.1, 0.15) is 17.5 Å². The average Bonchev–Trinajstić information content (AvgIpc) is 2.45. The van der Waals surface area contributed by atoms with E-state index in [-0.39, 0.29) is 24.9 Å². The van der Waals surface area contributed by atoms with Crippen LogP contribution >= 0.6 is 0 Å². The highest BCUT2D eigenvalue weighted by Crippen LogP contribution is 2.26. The SMILES string of the molecule is O=C1CN(C(=O)C2CCc3ccccc3C2)CC(=O)N1. The zero-order valence-corrected chi connectivity index (χ0v) is 11.1. The summed E-state index contributed by atoms with van der Waals surface area (Å²) in [6.45, 7) is -0.0224. The van der Waals surface area contributed by atoms with E-state index in [1.165, 1.54) is 16.0 Å². The molecule has 0 saturated carbocycles. The number of aryl methyl sites for hydroxylation is 1. The quantitative estimate of drug-likeness (QED) is 0.747. The van der Waals surface area contributed by atoms with Crippen molar-refractivity contribution in [3.05, 3.63) is 35.4 Å². The third kappa shape index (κ3) is 2.43. The number of hydrogen-bond acceptors (Lipinski definition) is 3. The highest BCUT2D eigenvalue weighted by Gasteiger charge is 2.32.